The molecule has 0 aromatic carbocycles. The monoisotopic (exact) mass is 270 g/mol. The normalized spacial score (nSPS) is 30.6. The van der Waals surface area contributed by atoms with Crippen molar-refractivity contribution >= 4 is 5.96 Å². The highest BCUT2D eigenvalue weighted by atomic mass is 16.5. The van der Waals surface area contributed by atoms with E-state index in [1.807, 2.05) is 0 Å². The van der Waals surface area contributed by atoms with Gasteiger partial charge in [0.2, 0.25) is 0 Å². The summed E-state index contributed by atoms with van der Waals surface area (Å²) in [6, 6.07) is 0.480. The molecule has 0 spiro atoms. The molecule has 110 valence electrons. The van der Waals surface area contributed by atoms with Crippen LogP contribution in [-0.4, -0.2) is 80.4 Å². The zero-order chi connectivity index (χ0) is 13.7. The average Bonchev–Trinajstić information content (AvgIpc) is 2.41. The molecule has 2 fully saturated rings. The number of rotatable bonds is 3. The minimum absolute atomic E-state index is 0.238. The van der Waals surface area contributed by atoms with Gasteiger partial charge in [-0.2, -0.15) is 0 Å². The van der Waals surface area contributed by atoms with Crippen molar-refractivity contribution < 1.29 is 9.47 Å². The number of morpholine rings is 2. The van der Waals surface area contributed by atoms with E-state index in [4.69, 9.17) is 15.2 Å². The van der Waals surface area contributed by atoms with Gasteiger partial charge in [0.15, 0.2) is 5.96 Å². The molecule has 0 radical (unpaired) electrons. The molecule has 6 nitrogen and oxygen atoms in total. The predicted octanol–water partition coefficient (Wildman–Crippen LogP) is -0.257. The molecule has 2 rings (SSSR count). The zero-order valence-electron chi connectivity index (χ0n) is 12.0. The number of nitrogens with zero attached hydrogens (tertiary/aromatic N) is 3. The summed E-state index contributed by atoms with van der Waals surface area (Å²) in [5, 5.41) is 0. The van der Waals surface area contributed by atoms with Crippen molar-refractivity contribution in [3.8, 4) is 0 Å². The van der Waals surface area contributed by atoms with Crippen molar-refractivity contribution in [3.05, 3.63) is 0 Å². The number of guanidine groups is 1. The van der Waals surface area contributed by atoms with Gasteiger partial charge in [0.25, 0.3) is 0 Å². The first-order chi connectivity index (χ1) is 9.16. The molecule has 2 aliphatic heterocycles. The van der Waals surface area contributed by atoms with Crippen LogP contribution in [0.5, 0.6) is 0 Å². The third-order valence-corrected chi connectivity index (χ3v) is 3.73. The Morgan fingerprint density at radius 1 is 1.32 bits per heavy atom. The summed E-state index contributed by atoms with van der Waals surface area (Å²) in [4.78, 5) is 9.01. The van der Waals surface area contributed by atoms with Crippen molar-refractivity contribution in [1.29, 1.82) is 0 Å². The summed E-state index contributed by atoms with van der Waals surface area (Å²) in [6.07, 6.45) is 0.238. The molecular weight excluding hydrogens is 244 g/mol. The third-order valence-electron chi connectivity index (χ3n) is 3.73. The number of nitrogens with two attached hydrogens (primary N) is 1. The number of ether oxygens (including phenoxy) is 2. The fourth-order valence-electron chi connectivity index (χ4n) is 2.51. The smallest absolute Gasteiger partial charge is 0.191 e. The van der Waals surface area contributed by atoms with Crippen LogP contribution in [0.2, 0.25) is 0 Å². The first kappa shape index (κ1) is 14.6. The molecule has 2 aliphatic rings. The maximum Gasteiger partial charge on any atom is 0.191 e. The lowest BCUT2D eigenvalue weighted by Gasteiger charge is -2.33. The standard InChI is InChI=1S/C13H26N4O2/c1-11-10-18-7-5-16(11)4-3-15-13(14)17-6-8-19-12(2)9-17/h11-12H,3-10H2,1-2H3,(H2,14,15). The Kier molecular flexibility index (Phi) is 5.42. The Morgan fingerprint density at radius 2 is 2.16 bits per heavy atom. The molecule has 0 aromatic heterocycles. The van der Waals surface area contributed by atoms with E-state index in [9.17, 15) is 0 Å². The second-order valence-corrected chi connectivity index (χ2v) is 5.33. The topological polar surface area (TPSA) is 63.3 Å². The first-order valence-corrected chi connectivity index (χ1v) is 7.15. The number of hydrogen-bond donors (Lipinski definition) is 1. The summed E-state index contributed by atoms with van der Waals surface area (Å²) in [5.41, 5.74) is 6.04. The Bertz CT molecular complexity index is 311. The molecule has 0 aliphatic carbocycles. The highest BCUT2D eigenvalue weighted by Gasteiger charge is 2.19. The highest BCUT2D eigenvalue weighted by molar-refractivity contribution is 5.78. The summed E-state index contributed by atoms with van der Waals surface area (Å²) in [6.45, 7) is 11.0. The Labute approximate surface area is 115 Å². The molecule has 2 heterocycles. The van der Waals surface area contributed by atoms with Gasteiger partial charge in [-0.25, -0.2) is 0 Å². The van der Waals surface area contributed by atoms with Crippen LogP contribution in [-0.2, 0) is 9.47 Å². The first-order valence-electron chi connectivity index (χ1n) is 7.15. The second-order valence-electron chi connectivity index (χ2n) is 5.33. The largest absolute Gasteiger partial charge is 0.379 e. The summed E-state index contributed by atoms with van der Waals surface area (Å²) < 4.78 is 10.9. The van der Waals surface area contributed by atoms with E-state index in [1.165, 1.54) is 0 Å². The average molecular weight is 270 g/mol. The van der Waals surface area contributed by atoms with Crippen LogP contribution in [0, 0.1) is 0 Å². The van der Waals surface area contributed by atoms with Crippen LogP contribution < -0.4 is 5.73 Å². The lowest BCUT2D eigenvalue weighted by molar-refractivity contribution is 0.000802. The molecule has 0 saturated carbocycles. The van der Waals surface area contributed by atoms with E-state index < -0.39 is 0 Å². The van der Waals surface area contributed by atoms with Crippen LogP contribution in [0.3, 0.4) is 0 Å². The van der Waals surface area contributed by atoms with E-state index >= 15 is 0 Å². The Morgan fingerprint density at radius 3 is 2.89 bits per heavy atom. The summed E-state index contributed by atoms with van der Waals surface area (Å²) in [7, 11) is 0. The van der Waals surface area contributed by atoms with Crippen LogP contribution in [0.25, 0.3) is 0 Å². The Hall–Kier alpha value is -0.850. The molecule has 0 bridgehead atoms. The van der Waals surface area contributed by atoms with Crippen molar-refractivity contribution in [2.45, 2.75) is 26.0 Å². The van der Waals surface area contributed by atoms with Crippen molar-refractivity contribution in [2.24, 2.45) is 10.7 Å². The van der Waals surface area contributed by atoms with Gasteiger partial charge in [0, 0.05) is 32.2 Å². The molecule has 0 aromatic rings. The van der Waals surface area contributed by atoms with Gasteiger partial charge < -0.3 is 20.1 Å². The Balaban J connectivity index is 1.74. The van der Waals surface area contributed by atoms with Crippen LogP contribution in [0.4, 0.5) is 0 Å². The molecule has 2 unspecified atom stereocenters. The van der Waals surface area contributed by atoms with Gasteiger partial charge in [-0.05, 0) is 13.8 Å². The molecule has 2 atom stereocenters. The van der Waals surface area contributed by atoms with E-state index in [0.29, 0.717) is 12.0 Å². The summed E-state index contributed by atoms with van der Waals surface area (Å²) in [5.74, 6) is 0.649. The lowest BCUT2D eigenvalue weighted by atomic mass is 10.2. The fraction of sp³-hybridized carbons (Fsp3) is 0.923. The minimum atomic E-state index is 0.238. The summed E-state index contributed by atoms with van der Waals surface area (Å²) >= 11 is 0. The van der Waals surface area contributed by atoms with Gasteiger partial charge in [0.05, 0.1) is 32.5 Å². The fourth-order valence-corrected chi connectivity index (χ4v) is 2.51. The second kappa shape index (κ2) is 7.07. The van der Waals surface area contributed by atoms with Crippen LogP contribution in [0.1, 0.15) is 13.8 Å². The van der Waals surface area contributed by atoms with Crippen LogP contribution >= 0.6 is 0 Å². The lowest BCUT2D eigenvalue weighted by Crippen LogP contribution is -2.48. The highest BCUT2D eigenvalue weighted by Crippen LogP contribution is 2.06. The molecule has 0 amide bonds. The SMILES string of the molecule is CC1CN(C(N)=NCCN2CCOCC2C)CCO1. The van der Waals surface area contributed by atoms with Gasteiger partial charge in [-0.15, -0.1) is 0 Å². The molecule has 6 heteroatoms. The van der Waals surface area contributed by atoms with Crippen molar-refractivity contribution in [3.63, 3.8) is 0 Å². The maximum atomic E-state index is 6.04. The van der Waals surface area contributed by atoms with Gasteiger partial charge in [-0.3, -0.25) is 9.89 Å². The van der Waals surface area contributed by atoms with E-state index in [0.717, 1.165) is 52.5 Å². The van der Waals surface area contributed by atoms with Gasteiger partial charge in [-0.1, -0.05) is 0 Å². The van der Waals surface area contributed by atoms with Gasteiger partial charge >= 0.3 is 0 Å². The number of aliphatic imine (C=N–C) groups is 1. The number of hydrogen-bond acceptors (Lipinski definition) is 4. The zero-order valence-corrected chi connectivity index (χ0v) is 12.0. The quantitative estimate of drug-likeness (QED) is 0.565. The molecular formula is C13H26N4O2. The van der Waals surface area contributed by atoms with E-state index in [1.54, 1.807) is 0 Å². The van der Waals surface area contributed by atoms with Gasteiger partial charge in [0.1, 0.15) is 0 Å². The van der Waals surface area contributed by atoms with Crippen LogP contribution in [0.15, 0.2) is 4.99 Å². The molecule has 2 saturated heterocycles. The van der Waals surface area contributed by atoms with E-state index in [-0.39, 0.29) is 6.10 Å². The van der Waals surface area contributed by atoms with Crippen molar-refractivity contribution in [2.75, 3.05) is 52.5 Å². The van der Waals surface area contributed by atoms with E-state index in [2.05, 4.69) is 28.6 Å². The maximum absolute atomic E-state index is 6.04. The molecule has 19 heavy (non-hydrogen) atoms. The predicted molar refractivity (Wildman–Crippen MR) is 75.3 cm³/mol. The molecule has 2 N–H and O–H groups in total. The van der Waals surface area contributed by atoms with Crippen molar-refractivity contribution in [1.82, 2.24) is 9.80 Å². The third kappa shape index (κ3) is 4.33. The minimum Gasteiger partial charge on any atom is -0.379 e.